The molecule has 1 amide bonds. The molecule has 0 aliphatic heterocycles. The van der Waals surface area contributed by atoms with E-state index in [9.17, 15) is 4.79 Å². The van der Waals surface area contributed by atoms with E-state index in [1.165, 1.54) is 0 Å². The molecule has 0 saturated heterocycles. The number of carbonyl (C=O) groups excluding carboxylic acids is 1. The van der Waals surface area contributed by atoms with Gasteiger partial charge in [-0.15, -0.1) is 0 Å². The summed E-state index contributed by atoms with van der Waals surface area (Å²) in [5.41, 5.74) is 3.94. The molecule has 1 atom stereocenters. The Morgan fingerprint density at radius 3 is 2.33 bits per heavy atom. The van der Waals surface area contributed by atoms with Crippen molar-refractivity contribution < 1.29 is 20.6 Å². The number of fused-ring (bicyclic) bond motifs is 1. The van der Waals surface area contributed by atoms with Crippen LogP contribution in [-0.4, -0.2) is 11.8 Å². The first-order chi connectivity index (χ1) is 12.5. The van der Waals surface area contributed by atoms with Gasteiger partial charge in [0, 0.05) is 0 Å². The van der Waals surface area contributed by atoms with E-state index in [0.29, 0.717) is 5.56 Å². The van der Waals surface area contributed by atoms with E-state index in [1.807, 2.05) is 24.3 Å². The van der Waals surface area contributed by atoms with Crippen molar-refractivity contribution in [2.45, 2.75) is 23.6 Å². The molecule has 0 fully saturated rings. The van der Waals surface area contributed by atoms with Gasteiger partial charge in [-0.25, -0.2) is 0 Å². The van der Waals surface area contributed by atoms with Crippen LogP contribution in [0, 0.1) is 0 Å². The summed E-state index contributed by atoms with van der Waals surface area (Å²) in [6.07, 6.45) is 2.14. The first-order valence-electron chi connectivity index (χ1n) is 8.66. The standard InChI is InChI=1S/C10H8Br.C7H6BrNO.C2H7Si.2ClH.Zr/c1-7-5-8-3-2-4-10(11)9(8)6-7;8-6-3-1-5(2-4-6)7(9)10;1-3-2;;;/h2-6H,1H3;1-4H,(H2,9,10);3H,1-2H3;2*1H;/q;;;;;+3/p-3. The molecular weight excluding hydrogens is 608 g/mol. The second-order valence-electron chi connectivity index (χ2n) is 7.33. The minimum atomic E-state index is -4.71. The zero-order chi connectivity index (χ0) is 20.0. The first kappa shape index (κ1) is 22.0. The van der Waals surface area contributed by atoms with Crippen LogP contribution in [0.15, 0.2) is 57.0 Å². The van der Waals surface area contributed by atoms with E-state index >= 15 is 0 Å². The van der Waals surface area contributed by atoms with Crippen LogP contribution in [0.2, 0.25) is 13.1 Å². The molecule has 1 N–H and O–H groups in total. The van der Waals surface area contributed by atoms with Crippen molar-refractivity contribution in [3.63, 3.8) is 0 Å². The van der Waals surface area contributed by atoms with Crippen LogP contribution < -0.4 is 3.26 Å². The van der Waals surface area contributed by atoms with Crippen LogP contribution in [0.25, 0.3) is 6.08 Å². The van der Waals surface area contributed by atoms with Gasteiger partial charge in [-0.2, -0.15) is 0 Å². The Bertz CT molecular complexity index is 947. The molecule has 3 rings (SSSR count). The van der Waals surface area contributed by atoms with Gasteiger partial charge in [-0.3, -0.25) is 0 Å². The molecule has 27 heavy (non-hydrogen) atoms. The van der Waals surface area contributed by atoms with E-state index in [0.717, 1.165) is 25.6 Å². The monoisotopic (exact) mass is 624 g/mol. The van der Waals surface area contributed by atoms with Crippen molar-refractivity contribution in [3.05, 3.63) is 73.7 Å². The van der Waals surface area contributed by atoms with Crippen molar-refractivity contribution in [2.24, 2.45) is 0 Å². The van der Waals surface area contributed by atoms with Crippen molar-refractivity contribution in [2.75, 3.05) is 0 Å². The number of rotatable bonds is 4. The zero-order valence-corrected chi connectivity index (χ0v) is 23.5. The van der Waals surface area contributed by atoms with E-state index in [-0.39, 0.29) is 9.53 Å². The third kappa shape index (κ3) is 4.00. The first-order valence-corrected chi connectivity index (χ1v) is 26.4. The SMILES string of the molecule is CC1=Cc2c(Br)cccc2[CH]1[Zr]([Cl])([Cl])([NH]C(=O)c1ccc(Br)cc1)[SiH](C)C. The zero-order valence-electron chi connectivity index (χ0n) is 15.2. The number of carbonyl (C=O) groups is 1. The molecule has 0 saturated carbocycles. The molecule has 0 spiro atoms. The van der Waals surface area contributed by atoms with Crippen LogP contribution in [0.3, 0.4) is 0 Å². The summed E-state index contributed by atoms with van der Waals surface area (Å²) in [7, 11) is 14.9. The van der Waals surface area contributed by atoms with E-state index in [1.54, 1.807) is 12.1 Å². The summed E-state index contributed by atoms with van der Waals surface area (Å²) in [6, 6.07) is 13.4. The Balaban J connectivity index is 2.08. The fourth-order valence-electron chi connectivity index (χ4n) is 3.66. The molecular formula is C19H20Br2Cl2NOSiZr. The second-order valence-corrected chi connectivity index (χ2v) is 49.8. The van der Waals surface area contributed by atoms with Crippen molar-refractivity contribution in [1.29, 1.82) is 0 Å². The molecule has 2 aromatic rings. The van der Waals surface area contributed by atoms with Gasteiger partial charge in [0.25, 0.3) is 0 Å². The van der Waals surface area contributed by atoms with Gasteiger partial charge in [-0.05, 0) is 0 Å². The molecule has 1 unspecified atom stereocenters. The number of hydrogen-bond donors (Lipinski definition) is 1. The number of benzene rings is 2. The number of allylic oxidation sites excluding steroid dienone is 1. The van der Waals surface area contributed by atoms with Gasteiger partial charge in [0.15, 0.2) is 0 Å². The number of hydrogen-bond acceptors (Lipinski definition) is 1. The molecule has 0 radical (unpaired) electrons. The Morgan fingerprint density at radius 1 is 1.11 bits per heavy atom. The van der Waals surface area contributed by atoms with Crippen molar-refractivity contribution in [3.8, 4) is 0 Å². The molecule has 0 bridgehead atoms. The molecule has 0 heterocycles. The molecule has 2 nitrogen and oxygen atoms in total. The van der Waals surface area contributed by atoms with Gasteiger partial charge in [0.1, 0.15) is 0 Å². The number of nitrogens with one attached hydrogen (secondary N) is 1. The predicted molar refractivity (Wildman–Crippen MR) is 123 cm³/mol. The third-order valence-electron chi connectivity index (χ3n) is 5.27. The van der Waals surface area contributed by atoms with Crippen LogP contribution in [0.5, 0.6) is 0 Å². The molecule has 1 aliphatic rings. The van der Waals surface area contributed by atoms with Gasteiger partial charge in [0.2, 0.25) is 0 Å². The maximum atomic E-state index is 13.1. The topological polar surface area (TPSA) is 29.1 Å². The summed E-state index contributed by atoms with van der Waals surface area (Å²) in [6.45, 7) is 6.37. The average Bonchev–Trinajstić information content (AvgIpc) is 2.93. The van der Waals surface area contributed by atoms with Gasteiger partial charge >= 0.3 is 188 Å². The molecule has 143 valence electrons. The Morgan fingerprint density at radius 2 is 1.74 bits per heavy atom. The summed E-state index contributed by atoms with van der Waals surface area (Å²) in [5, 5.41) is 0. The van der Waals surface area contributed by atoms with Gasteiger partial charge < -0.3 is 0 Å². The van der Waals surface area contributed by atoms with Crippen LogP contribution >= 0.6 is 48.9 Å². The average molecular weight is 628 g/mol. The molecule has 8 heteroatoms. The number of halogens is 4. The van der Waals surface area contributed by atoms with Gasteiger partial charge in [0.05, 0.1) is 0 Å². The van der Waals surface area contributed by atoms with Crippen molar-refractivity contribution >= 4 is 66.8 Å². The summed E-state index contributed by atoms with van der Waals surface area (Å²) in [4.78, 5) is 13.1. The minimum absolute atomic E-state index is 0.103. The maximum absolute atomic E-state index is 13.1. The molecule has 2 aromatic carbocycles. The van der Waals surface area contributed by atoms with Crippen LogP contribution in [0.1, 0.15) is 32.0 Å². The van der Waals surface area contributed by atoms with Crippen LogP contribution in [0.4, 0.5) is 0 Å². The molecule has 1 aliphatic carbocycles. The fourth-order valence-corrected chi connectivity index (χ4v) is 26.3. The van der Waals surface area contributed by atoms with Crippen LogP contribution in [-0.2, 0) is 15.8 Å². The summed E-state index contributed by atoms with van der Waals surface area (Å²) >= 11 is 2.32. The van der Waals surface area contributed by atoms with Gasteiger partial charge in [-0.1, -0.05) is 0 Å². The van der Waals surface area contributed by atoms with E-state index < -0.39 is 21.8 Å². The summed E-state index contributed by atoms with van der Waals surface area (Å²) in [5.74, 6) is -1.81. The Labute approximate surface area is 186 Å². The predicted octanol–water partition coefficient (Wildman–Crippen LogP) is 7.00. The summed E-state index contributed by atoms with van der Waals surface area (Å²) < 4.78 is 5.07. The fraction of sp³-hybridized carbons (Fsp3) is 0.211. The second kappa shape index (κ2) is 7.85. The quantitative estimate of drug-likeness (QED) is 0.364. The van der Waals surface area contributed by atoms with Crippen molar-refractivity contribution in [1.82, 2.24) is 3.26 Å². The third-order valence-corrected chi connectivity index (χ3v) is 52.5. The Kier molecular flexibility index (Phi) is 6.39. The van der Waals surface area contributed by atoms with E-state index in [2.05, 4.69) is 67.3 Å². The Hall–Kier alpha value is 0.290. The molecule has 0 aromatic heterocycles. The number of amides is 1. The van der Waals surface area contributed by atoms with E-state index in [4.69, 9.17) is 17.0 Å². The normalized spacial score (nSPS) is 17.9.